The summed E-state index contributed by atoms with van der Waals surface area (Å²) in [4.78, 5) is 0. The van der Waals surface area contributed by atoms with Crippen LogP contribution in [0.3, 0.4) is 0 Å². The summed E-state index contributed by atoms with van der Waals surface area (Å²) in [7, 11) is 1.88. The number of aromatic hydroxyl groups is 1. The van der Waals surface area contributed by atoms with Crippen LogP contribution in [0.25, 0.3) is 0 Å². The second kappa shape index (κ2) is 5.63. The lowest BCUT2D eigenvalue weighted by atomic mass is 10.0. The van der Waals surface area contributed by atoms with Crippen molar-refractivity contribution < 1.29 is 5.11 Å². The monoisotopic (exact) mass is 325 g/mol. The van der Waals surface area contributed by atoms with Crippen LogP contribution in [0.1, 0.15) is 11.1 Å². The average molecular weight is 327 g/mol. The third kappa shape index (κ3) is 2.98. The molecule has 18 heavy (non-hydrogen) atoms. The first-order valence-corrected chi connectivity index (χ1v) is 6.71. The average Bonchev–Trinajstić information content (AvgIpc) is 2.33. The van der Waals surface area contributed by atoms with Gasteiger partial charge in [0.05, 0.1) is 0 Å². The smallest absolute Gasteiger partial charge is 0.120 e. The molecular formula is C14H13BrClNO. The second-order valence-electron chi connectivity index (χ2n) is 4.01. The van der Waals surface area contributed by atoms with Crippen molar-refractivity contribution in [1.29, 1.82) is 0 Å². The Bertz CT molecular complexity index is 572. The van der Waals surface area contributed by atoms with Gasteiger partial charge in [-0.2, -0.15) is 0 Å². The summed E-state index contributed by atoms with van der Waals surface area (Å²) in [5, 5.41) is 13.5. The van der Waals surface area contributed by atoms with E-state index in [1.165, 1.54) is 0 Å². The van der Waals surface area contributed by atoms with Gasteiger partial charge < -0.3 is 10.4 Å². The topological polar surface area (TPSA) is 32.3 Å². The quantitative estimate of drug-likeness (QED) is 0.874. The van der Waals surface area contributed by atoms with Gasteiger partial charge in [-0.05, 0) is 51.3 Å². The van der Waals surface area contributed by atoms with E-state index in [0.29, 0.717) is 11.4 Å². The van der Waals surface area contributed by atoms with Gasteiger partial charge >= 0.3 is 0 Å². The summed E-state index contributed by atoms with van der Waals surface area (Å²) in [5.74, 6) is 0.233. The van der Waals surface area contributed by atoms with Crippen molar-refractivity contribution in [3.05, 3.63) is 57.0 Å². The minimum absolute atomic E-state index is 0.233. The highest BCUT2D eigenvalue weighted by atomic mass is 79.9. The van der Waals surface area contributed by atoms with Gasteiger partial charge in [-0.15, -0.1) is 0 Å². The van der Waals surface area contributed by atoms with Gasteiger partial charge in [-0.25, -0.2) is 0 Å². The van der Waals surface area contributed by atoms with E-state index in [2.05, 4.69) is 21.2 Å². The van der Waals surface area contributed by atoms with Crippen LogP contribution >= 0.6 is 27.5 Å². The number of phenolic OH excluding ortho intramolecular Hbond substituents is 1. The molecule has 2 N–H and O–H groups in total. The minimum Gasteiger partial charge on any atom is -0.508 e. The molecule has 0 atom stereocenters. The van der Waals surface area contributed by atoms with Gasteiger partial charge in [-0.1, -0.05) is 23.7 Å². The first-order chi connectivity index (χ1) is 8.60. The van der Waals surface area contributed by atoms with Gasteiger partial charge in [0.2, 0.25) is 0 Å². The maximum Gasteiger partial charge on any atom is 0.120 e. The molecule has 0 saturated heterocycles. The van der Waals surface area contributed by atoms with E-state index in [1.54, 1.807) is 12.1 Å². The molecule has 2 aromatic rings. The Labute approximate surface area is 120 Å². The number of benzene rings is 2. The lowest BCUT2D eigenvalue weighted by molar-refractivity contribution is 0.469. The summed E-state index contributed by atoms with van der Waals surface area (Å²) < 4.78 is 1.01. The molecule has 4 heteroatoms. The zero-order chi connectivity index (χ0) is 13.1. The third-order valence-electron chi connectivity index (χ3n) is 2.74. The highest BCUT2D eigenvalue weighted by Crippen LogP contribution is 2.27. The van der Waals surface area contributed by atoms with Crippen LogP contribution in [0.5, 0.6) is 5.75 Å². The van der Waals surface area contributed by atoms with E-state index in [9.17, 15) is 5.11 Å². The zero-order valence-electron chi connectivity index (χ0n) is 9.87. The molecule has 0 spiro atoms. The lowest BCUT2D eigenvalue weighted by Crippen LogP contribution is -1.93. The van der Waals surface area contributed by atoms with E-state index in [0.717, 1.165) is 21.3 Å². The van der Waals surface area contributed by atoms with Gasteiger partial charge in [0.25, 0.3) is 0 Å². The van der Waals surface area contributed by atoms with Gasteiger partial charge in [0, 0.05) is 28.7 Å². The molecule has 0 aromatic heterocycles. The maximum atomic E-state index is 9.81. The van der Waals surface area contributed by atoms with Crippen molar-refractivity contribution in [3.63, 3.8) is 0 Å². The second-order valence-corrected chi connectivity index (χ2v) is 5.30. The molecule has 0 heterocycles. The molecule has 0 amide bonds. The zero-order valence-corrected chi connectivity index (χ0v) is 12.2. The normalized spacial score (nSPS) is 10.4. The predicted octanol–water partition coefficient (Wildman–Crippen LogP) is 4.44. The summed E-state index contributed by atoms with van der Waals surface area (Å²) in [5.41, 5.74) is 3.03. The van der Waals surface area contributed by atoms with E-state index in [1.807, 2.05) is 31.3 Å². The number of hydrogen-bond acceptors (Lipinski definition) is 2. The number of halogens is 2. The largest absolute Gasteiger partial charge is 0.508 e. The van der Waals surface area contributed by atoms with Crippen LogP contribution < -0.4 is 5.32 Å². The molecule has 0 unspecified atom stereocenters. The molecular weight excluding hydrogens is 314 g/mol. The van der Waals surface area contributed by atoms with Crippen LogP contribution in [0.2, 0.25) is 5.02 Å². The van der Waals surface area contributed by atoms with Crippen molar-refractivity contribution in [3.8, 4) is 5.75 Å². The fourth-order valence-corrected chi connectivity index (χ4v) is 2.57. The van der Waals surface area contributed by atoms with Crippen LogP contribution in [-0.2, 0) is 6.42 Å². The fourth-order valence-electron chi connectivity index (χ4n) is 1.78. The molecule has 2 nitrogen and oxygen atoms in total. The molecule has 0 aliphatic rings. The van der Waals surface area contributed by atoms with Crippen molar-refractivity contribution in [2.75, 3.05) is 12.4 Å². The Morgan fingerprint density at radius 3 is 2.61 bits per heavy atom. The van der Waals surface area contributed by atoms with Crippen molar-refractivity contribution >= 4 is 33.2 Å². The Kier molecular flexibility index (Phi) is 4.15. The molecule has 0 aliphatic carbocycles. The molecule has 0 aliphatic heterocycles. The van der Waals surface area contributed by atoms with E-state index >= 15 is 0 Å². The first kappa shape index (κ1) is 13.2. The van der Waals surface area contributed by atoms with Crippen molar-refractivity contribution in [2.24, 2.45) is 0 Å². The van der Waals surface area contributed by atoms with E-state index in [4.69, 9.17) is 11.6 Å². The summed E-state index contributed by atoms with van der Waals surface area (Å²) in [6.45, 7) is 0. The first-order valence-electron chi connectivity index (χ1n) is 5.53. The molecule has 0 radical (unpaired) electrons. The molecule has 94 valence electrons. The number of nitrogens with one attached hydrogen (secondary N) is 1. The Balaban J connectivity index is 2.26. The van der Waals surface area contributed by atoms with E-state index < -0.39 is 0 Å². The van der Waals surface area contributed by atoms with Crippen molar-refractivity contribution in [1.82, 2.24) is 0 Å². The number of anilines is 1. The Morgan fingerprint density at radius 1 is 1.22 bits per heavy atom. The predicted molar refractivity (Wildman–Crippen MR) is 79.6 cm³/mol. The Morgan fingerprint density at radius 2 is 2.00 bits per heavy atom. The maximum absolute atomic E-state index is 9.81. The van der Waals surface area contributed by atoms with Crippen LogP contribution in [0.15, 0.2) is 40.9 Å². The summed E-state index contributed by atoms with van der Waals surface area (Å²) in [6.07, 6.45) is 0.672. The third-order valence-corrected chi connectivity index (χ3v) is 3.64. The minimum atomic E-state index is 0.233. The molecule has 0 saturated carbocycles. The number of hydrogen-bond donors (Lipinski definition) is 2. The molecule has 0 bridgehead atoms. The highest BCUT2D eigenvalue weighted by Gasteiger charge is 2.05. The van der Waals surface area contributed by atoms with Crippen LogP contribution in [0.4, 0.5) is 5.69 Å². The fraction of sp³-hybridized carbons (Fsp3) is 0.143. The molecule has 2 rings (SSSR count). The lowest BCUT2D eigenvalue weighted by Gasteiger charge is -2.08. The SMILES string of the molecule is CNc1ccc(Cc2ccc(Cl)cc2O)cc1Br. The summed E-state index contributed by atoms with van der Waals surface area (Å²) >= 11 is 9.31. The van der Waals surface area contributed by atoms with Crippen molar-refractivity contribution in [2.45, 2.75) is 6.42 Å². The van der Waals surface area contributed by atoms with Crippen LogP contribution in [-0.4, -0.2) is 12.2 Å². The van der Waals surface area contributed by atoms with Crippen LogP contribution in [0, 0.1) is 0 Å². The van der Waals surface area contributed by atoms with Gasteiger partial charge in [0.15, 0.2) is 0 Å². The molecule has 0 fully saturated rings. The standard InChI is InChI=1S/C14H13BrClNO/c1-17-13-5-2-9(7-12(13)15)6-10-3-4-11(16)8-14(10)18/h2-5,7-8,17-18H,6H2,1H3. The number of rotatable bonds is 3. The number of phenols is 1. The highest BCUT2D eigenvalue weighted by molar-refractivity contribution is 9.10. The van der Waals surface area contributed by atoms with Gasteiger partial charge in [-0.3, -0.25) is 0 Å². The Hall–Kier alpha value is -1.19. The van der Waals surface area contributed by atoms with E-state index in [-0.39, 0.29) is 5.75 Å². The summed E-state index contributed by atoms with van der Waals surface area (Å²) in [6, 6.07) is 11.3. The van der Waals surface area contributed by atoms with Gasteiger partial charge in [0.1, 0.15) is 5.75 Å². The molecule has 2 aromatic carbocycles.